The molecule has 22 heavy (non-hydrogen) atoms. The average Bonchev–Trinajstić information content (AvgIpc) is 3.16. The molecule has 0 amide bonds. The molecule has 4 heterocycles. The van der Waals surface area contributed by atoms with Gasteiger partial charge >= 0.3 is 0 Å². The van der Waals surface area contributed by atoms with Gasteiger partial charge in [0.15, 0.2) is 0 Å². The third-order valence-electron chi connectivity index (χ3n) is 4.39. The number of aromatic nitrogens is 1. The lowest BCUT2D eigenvalue weighted by atomic mass is 9.92. The molecule has 2 aliphatic heterocycles. The molecule has 0 bridgehead atoms. The molecule has 5 heteroatoms. The lowest BCUT2D eigenvalue weighted by molar-refractivity contribution is 0.0263. The van der Waals surface area contributed by atoms with Crippen molar-refractivity contribution in [2.45, 2.75) is 30.4 Å². The van der Waals surface area contributed by atoms with Crippen LogP contribution in [0.3, 0.4) is 0 Å². The molecular formula is C17H20N2OS2. The first-order valence-electron chi connectivity index (χ1n) is 7.69. The first kappa shape index (κ1) is 14.7. The zero-order valence-electron chi connectivity index (χ0n) is 12.5. The smallest absolute Gasteiger partial charge is 0.0736 e. The molecular weight excluding hydrogens is 312 g/mol. The van der Waals surface area contributed by atoms with Crippen LogP contribution in [-0.2, 0) is 17.9 Å². The summed E-state index contributed by atoms with van der Waals surface area (Å²) in [7, 11) is 0. The van der Waals surface area contributed by atoms with Crippen molar-refractivity contribution in [3.05, 3.63) is 52.5 Å². The number of thiophene rings is 1. The van der Waals surface area contributed by atoms with Gasteiger partial charge in [-0.25, -0.2) is 0 Å². The van der Waals surface area contributed by atoms with Crippen LogP contribution in [0.2, 0.25) is 0 Å². The van der Waals surface area contributed by atoms with Gasteiger partial charge in [0.05, 0.1) is 12.7 Å². The van der Waals surface area contributed by atoms with Gasteiger partial charge in [-0.2, -0.15) is 11.3 Å². The average molecular weight is 332 g/mol. The van der Waals surface area contributed by atoms with E-state index in [1.165, 1.54) is 30.6 Å². The van der Waals surface area contributed by atoms with Crippen LogP contribution in [0, 0.1) is 0 Å². The van der Waals surface area contributed by atoms with Crippen LogP contribution >= 0.6 is 23.1 Å². The molecule has 0 saturated carbocycles. The first-order valence-corrected chi connectivity index (χ1v) is 9.62. The minimum atomic E-state index is 0.397. The van der Waals surface area contributed by atoms with E-state index in [1.54, 1.807) is 17.5 Å². The van der Waals surface area contributed by atoms with Gasteiger partial charge in [-0.3, -0.25) is 9.88 Å². The monoisotopic (exact) mass is 332 g/mol. The van der Waals surface area contributed by atoms with E-state index >= 15 is 0 Å². The summed E-state index contributed by atoms with van der Waals surface area (Å²) in [5.41, 5.74) is 2.62. The van der Waals surface area contributed by atoms with E-state index in [-0.39, 0.29) is 0 Å². The zero-order valence-corrected chi connectivity index (χ0v) is 14.1. The fourth-order valence-corrected chi connectivity index (χ4v) is 5.61. The first-order chi connectivity index (χ1) is 10.8. The fraction of sp³-hybridized carbons (Fsp3) is 0.471. The molecule has 1 spiro atoms. The van der Waals surface area contributed by atoms with Crippen molar-refractivity contribution in [3.8, 4) is 0 Å². The Morgan fingerprint density at radius 1 is 1.32 bits per heavy atom. The van der Waals surface area contributed by atoms with E-state index in [1.807, 2.05) is 12.3 Å². The highest BCUT2D eigenvalue weighted by Gasteiger charge is 2.49. The highest BCUT2D eigenvalue weighted by atomic mass is 32.2. The predicted octanol–water partition coefficient (Wildman–Crippen LogP) is 3.42. The second-order valence-corrected chi connectivity index (χ2v) is 8.54. The molecule has 2 aromatic heterocycles. The van der Waals surface area contributed by atoms with Crippen molar-refractivity contribution >= 4 is 23.1 Å². The molecule has 0 radical (unpaired) electrons. The van der Waals surface area contributed by atoms with Crippen molar-refractivity contribution < 1.29 is 4.74 Å². The second-order valence-electron chi connectivity index (χ2n) is 6.27. The van der Waals surface area contributed by atoms with Crippen LogP contribution in [0.1, 0.15) is 17.5 Å². The number of nitrogens with zero attached hydrogens (tertiary/aromatic N) is 2. The Bertz CT molecular complexity index is 596. The molecule has 0 aliphatic carbocycles. The fourth-order valence-electron chi connectivity index (χ4n) is 3.35. The minimum Gasteiger partial charge on any atom is -0.373 e. The molecule has 3 nitrogen and oxygen atoms in total. The molecule has 116 valence electrons. The summed E-state index contributed by atoms with van der Waals surface area (Å²) in [5.74, 6) is 1.13. The van der Waals surface area contributed by atoms with Gasteiger partial charge in [-0.15, -0.1) is 11.8 Å². The summed E-state index contributed by atoms with van der Waals surface area (Å²) >= 11 is 3.90. The van der Waals surface area contributed by atoms with Crippen LogP contribution in [0.4, 0.5) is 0 Å². The third-order valence-corrected chi connectivity index (χ3v) is 6.70. The summed E-state index contributed by atoms with van der Waals surface area (Å²) < 4.78 is 6.54. The minimum absolute atomic E-state index is 0.397. The van der Waals surface area contributed by atoms with Crippen molar-refractivity contribution in [3.63, 3.8) is 0 Å². The molecule has 0 aromatic carbocycles. The molecule has 2 fully saturated rings. The molecule has 0 unspecified atom stereocenters. The normalized spacial score (nSPS) is 23.7. The van der Waals surface area contributed by atoms with E-state index in [9.17, 15) is 0 Å². The molecule has 1 atom stereocenters. The molecule has 2 aliphatic rings. The topological polar surface area (TPSA) is 25.4 Å². The SMILES string of the molecule is c1cncc(CO[C@H]2CSC3(C2)CN(Cc2ccsc2)C3)c1. The Hall–Kier alpha value is -0.880. The number of thioether (sulfide) groups is 1. The van der Waals surface area contributed by atoms with Crippen LogP contribution in [0.25, 0.3) is 0 Å². The number of rotatable bonds is 5. The maximum absolute atomic E-state index is 6.08. The lowest BCUT2D eigenvalue weighted by Gasteiger charge is -2.47. The van der Waals surface area contributed by atoms with Gasteiger partial charge in [0.25, 0.3) is 0 Å². The van der Waals surface area contributed by atoms with E-state index in [4.69, 9.17) is 4.74 Å². The number of pyridine rings is 1. The van der Waals surface area contributed by atoms with Crippen molar-refractivity contribution in [1.82, 2.24) is 9.88 Å². The molecule has 4 rings (SSSR count). The summed E-state index contributed by atoms with van der Waals surface area (Å²) in [6, 6.07) is 6.28. The summed E-state index contributed by atoms with van der Waals surface area (Å²) in [4.78, 5) is 6.69. The Morgan fingerprint density at radius 3 is 3.05 bits per heavy atom. The standard InChI is InChI=1S/C17H20N2OS2/c1-2-14(7-18-4-1)9-20-16-6-17(22-11-16)12-19(13-17)8-15-3-5-21-10-15/h1-5,7,10,16H,6,8-9,11-13H2/t16-/m1/s1. The summed E-state index contributed by atoms with van der Waals surface area (Å²) in [6.07, 6.45) is 5.29. The third kappa shape index (κ3) is 3.23. The highest BCUT2D eigenvalue weighted by Crippen LogP contribution is 2.46. The Balaban J connectivity index is 1.23. The van der Waals surface area contributed by atoms with Crippen LogP contribution < -0.4 is 0 Å². The number of ether oxygens (including phenoxy) is 1. The molecule has 2 saturated heterocycles. The van der Waals surface area contributed by atoms with Crippen LogP contribution in [0.15, 0.2) is 41.4 Å². The van der Waals surface area contributed by atoms with Crippen molar-refractivity contribution in [2.75, 3.05) is 18.8 Å². The van der Waals surface area contributed by atoms with Gasteiger partial charge in [0.1, 0.15) is 0 Å². The van der Waals surface area contributed by atoms with Crippen LogP contribution in [-0.4, -0.2) is 39.6 Å². The highest BCUT2D eigenvalue weighted by molar-refractivity contribution is 8.01. The van der Waals surface area contributed by atoms with Gasteiger partial charge in [0.2, 0.25) is 0 Å². The van der Waals surface area contributed by atoms with E-state index in [0.717, 1.165) is 12.3 Å². The molecule has 0 N–H and O–H groups in total. The number of hydrogen-bond donors (Lipinski definition) is 0. The van der Waals surface area contributed by atoms with Crippen molar-refractivity contribution in [1.29, 1.82) is 0 Å². The van der Waals surface area contributed by atoms with Crippen molar-refractivity contribution in [2.24, 2.45) is 0 Å². The molecule has 2 aromatic rings. The number of likely N-dealkylation sites (tertiary alicyclic amines) is 1. The van der Waals surface area contributed by atoms with Gasteiger partial charge in [-0.05, 0) is 40.4 Å². The van der Waals surface area contributed by atoms with Gasteiger partial charge in [-0.1, -0.05) is 6.07 Å². The largest absolute Gasteiger partial charge is 0.373 e. The van der Waals surface area contributed by atoms with E-state index < -0.39 is 0 Å². The van der Waals surface area contributed by atoms with Crippen LogP contribution in [0.5, 0.6) is 0 Å². The zero-order chi connectivity index (χ0) is 14.8. The Morgan fingerprint density at radius 2 is 2.27 bits per heavy atom. The summed E-state index contributed by atoms with van der Waals surface area (Å²) in [5, 5.41) is 4.42. The predicted molar refractivity (Wildman–Crippen MR) is 92.2 cm³/mol. The van der Waals surface area contributed by atoms with E-state index in [0.29, 0.717) is 17.5 Å². The second kappa shape index (κ2) is 6.32. The lowest BCUT2D eigenvalue weighted by Crippen LogP contribution is -2.58. The Labute approximate surface area is 139 Å². The van der Waals surface area contributed by atoms with Gasteiger partial charge in [0, 0.05) is 42.5 Å². The van der Waals surface area contributed by atoms with E-state index in [2.05, 4.69) is 44.5 Å². The maximum atomic E-state index is 6.08. The maximum Gasteiger partial charge on any atom is 0.0736 e. The summed E-state index contributed by atoms with van der Waals surface area (Å²) in [6.45, 7) is 4.21. The Kier molecular flexibility index (Phi) is 4.22. The quantitative estimate of drug-likeness (QED) is 0.838. The number of hydrogen-bond acceptors (Lipinski definition) is 5. The van der Waals surface area contributed by atoms with Gasteiger partial charge < -0.3 is 4.74 Å².